The van der Waals surface area contributed by atoms with Gasteiger partial charge in [-0.15, -0.1) is 0 Å². The maximum Gasteiger partial charge on any atom is 0.0347 e. The Morgan fingerprint density at radius 3 is 0.775 bits per heavy atom. The van der Waals surface area contributed by atoms with Crippen LogP contribution in [0.3, 0.4) is 0 Å². The number of aryl methyl sites for hydroxylation is 9. The average Bonchev–Trinajstić information content (AvgIpc) is 0.754. The fraction of sp³-hybridized carbons (Fsp3) is 0.600. The molecule has 0 aliphatic rings. The molecular formula is C120H192. The van der Waals surface area contributed by atoms with Gasteiger partial charge in [0, 0.05) is 11.0 Å². The van der Waals surface area contributed by atoms with Gasteiger partial charge in [0.25, 0.3) is 0 Å². The van der Waals surface area contributed by atoms with Gasteiger partial charge in [-0.2, -0.15) is 0 Å². The molecule has 0 spiro atoms. The van der Waals surface area contributed by atoms with Crippen LogP contribution in [0.2, 0.25) is 0 Å². The van der Waals surface area contributed by atoms with E-state index in [1.807, 2.05) is 48.5 Å². The Morgan fingerprint density at radius 2 is 0.542 bits per heavy atom. The number of benzene rings is 8. The Labute approximate surface area is 759 Å². The predicted octanol–water partition coefficient (Wildman–Crippen LogP) is 36.8. The van der Waals surface area contributed by atoms with Crippen molar-refractivity contribution in [2.24, 2.45) is 11.8 Å². The minimum atomic E-state index is -2.01. The Morgan fingerprint density at radius 1 is 0.275 bits per heavy atom. The third-order valence-corrected chi connectivity index (χ3v) is 22.2. The molecule has 672 valence electrons. The predicted molar refractivity (Wildman–Crippen MR) is 549 cm³/mol. The molecule has 8 aromatic rings. The van der Waals surface area contributed by atoms with Crippen LogP contribution in [-0.4, -0.2) is 0 Å². The first-order chi connectivity index (χ1) is 56.8. The molecule has 0 radical (unpaired) electrons. The quantitative estimate of drug-likeness (QED) is 0.135. The number of rotatable bonds is 9. The van der Waals surface area contributed by atoms with E-state index in [4.69, 9.17) is 11.0 Å². The Balaban J connectivity index is 0.000000734. The van der Waals surface area contributed by atoms with Crippen molar-refractivity contribution in [2.75, 3.05) is 0 Å². The summed E-state index contributed by atoms with van der Waals surface area (Å²) in [5.74, 6) is 2.13. The van der Waals surface area contributed by atoms with Crippen molar-refractivity contribution < 1.29 is 11.0 Å². The van der Waals surface area contributed by atoms with Gasteiger partial charge in [0.05, 0.1) is 0 Å². The van der Waals surface area contributed by atoms with Crippen LogP contribution in [0.25, 0.3) is 0 Å². The second-order valence-corrected chi connectivity index (χ2v) is 48.0. The summed E-state index contributed by atoms with van der Waals surface area (Å²) in [6.07, 6.45) is -0.558. The fourth-order valence-electron chi connectivity index (χ4n) is 16.4. The van der Waals surface area contributed by atoms with Crippen LogP contribution in [0.15, 0.2) is 140 Å². The zero-order valence-electron chi connectivity index (χ0n) is 96.0. The SMILES string of the molecule is CC(C)(C)c1cc(C(C)(C)C)cc(C(C)(C)C)c1.CC(C)Cc1cc(CC(C)C)cc(C(C)(C)C)c1.CC(C)c1cc(C(C)C)cc(C(C)(C)C)c1.Cc1cccc(C)c1C(C)(C)C.Cc1cccc(C)c1C(C)(C)C.[2H]C(C)(C)c1cccc(C(C)(C)C)c1C(C)(C)C.[2H]C([2H])(C)c1cccc(C([2H])([2H])C)c1C(C)(C)C.[2H]C([2H])([2H])c1cc(C)c(C(C)(C)C)c(C)c1. The molecule has 0 bridgehead atoms. The summed E-state index contributed by atoms with van der Waals surface area (Å²) in [7, 11) is 0. The molecule has 0 unspecified atom stereocenters. The van der Waals surface area contributed by atoms with E-state index in [1.165, 1.54) is 127 Å². The molecule has 0 heteroatoms. The zero-order chi connectivity index (χ0) is 101. The largest absolute Gasteiger partial charge is 0.0625 e. The highest BCUT2D eigenvalue weighted by atomic mass is 14.3. The van der Waals surface area contributed by atoms with Gasteiger partial charge in [0.1, 0.15) is 0 Å². The van der Waals surface area contributed by atoms with Crippen molar-refractivity contribution in [3.05, 3.63) is 279 Å². The molecular weight excluding hydrogens is 1440 g/mol. The average molecular weight is 1640 g/mol. The van der Waals surface area contributed by atoms with Gasteiger partial charge in [-0.3, -0.25) is 0 Å². The first kappa shape index (κ1) is 97.6. The van der Waals surface area contributed by atoms with Crippen LogP contribution in [0.4, 0.5) is 0 Å². The van der Waals surface area contributed by atoms with Gasteiger partial charge in [0.15, 0.2) is 0 Å². The summed E-state index contributed by atoms with van der Waals surface area (Å²) in [5, 5.41) is 0. The molecule has 0 fully saturated rings. The normalized spacial score (nSPS) is 13.9. The molecule has 0 N–H and O–H groups in total. The van der Waals surface area contributed by atoms with Gasteiger partial charge < -0.3 is 0 Å². The van der Waals surface area contributed by atoms with E-state index in [2.05, 4.69) is 400 Å². The summed E-state index contributed by atoms with van der Waals surface area (Å²) in [4.78, 5) is 0. The van der Waals surface area contributed by atoms with Crippen LogP contribution >= 0.6 is 0 Å². The fourth-order valence-corrected chi connectivity index (χ4v) is 16.4. The van der Waals surface area contributed by atoms with E-state index in [1.54, 1.807) is 30.3 Å². The van der Waals surface area contributed by atoms with E-state index in [0.29, 0.717) is 28.5 Å². The summed E-state index contributed by atoms with van der Waals surface area (Å²) < 4.78 is 62.4. The van der Waals surface area contributed by atoms with Crippen molar-refractivity contribution >= 4 is 0 Å². The van der Waals surface area contributed by atoms with Crippen molar-refractivity contribution in [3.63, 3.8) is 0 Å². The molecule has 0 aliphatic carbocycles. The van der Waals surface area contributed by atoms with Crippen LogP contribution in [-0.2, 0) is 85.2 Å². The molecule has 0 heterocycles. The van der Waals surface area contributed by atoms with Gasteiger partial charge in [0.2, 0.25) is 0 Å². The maximum atomic E-state index is 8.39. The molecule has 120 heavy (non-hydrogen) atoms. The molecule has 0 saturated carbocycles. The van der Waals surface area contributed by atoms with E-state index in [-0.39, 0.29) is 59.6 Å². The van der Waals surface area contributed by atoms with Gasteiger partial charge >= 0.3 is 0 Å². The number of hydrogen-bond acceptors (Lipinski definition) is 0. The van der Waals surface area contributed by atoms with Crippen molar-refractivity contribution in [2.45, 2.75) is 463 Å². The smallest absolute Gasteiger partial charge is 0.0347 e. The topological polar surface area (TPSA) is 0 Å². The third-order valence-electron chi connectivity index (χ3n) is 22.2. The first-order valence-electron chi connectivity index (χ1n) is 49.8. The maximum absolute atomic E-state index is 8.39. The highest BCUT2D eigenvalue weighted by Gasteiger charge is 2.30. The van der Waals surface area contributed by atoms with Gasteiger partial charge in [-0.1, -0.05) is 457 Å². The Hall–Kier alpha value is -6.24. The number of hydrogen-bond donors (Lipinski definition) is 0. The standard InChI is InChI=1S/2C18H30.C17H28.C16H26.C14H22.C13H20.2C12H18/c1-16(2,3)13-10-14(17(4,5)6)12-15(11-13)18(7,8)9;1-13(2)8-15-10-16(9-14(3)4)12-17(11-15)18(5,6)7;1-12(2)13-10-9-11-14(16(3,4)5)15(13)17(6,7)8;1-11(2)13-8-14(12(3)4)10-15(9-13)16(5,6)7;1-6-11-9-8-10-12(7-2)13(11)14(3,4)5;1-9-7-10(2)12(11(3)8-9)13(4,5)6;2*1-9-7-6-8-10(2)11(9)12(3,4)5/h10-12H,1-9H3;10-14H,8-9H2,1-7H3;9-12H,1-8H3;8-12H,1-7H3;8-10H,6-7H2,1-5H3;7-8H,1-6H3;2*6-8H,1-5H3/i;;12D;;6D2,7D2;1D3;;. The van der Waals surface area contributed by atoms with Crippen LogP contribution in [0.1, 0.15) is 479 Å². The lowest BCUT2D eigenvalue weighted by atomic mass is 9.71. The second-order valence-electron chi connectivity index (χ2n) is 48.0. The lowest BCUT2D eigenvalue weighted by molar-refractivity contribution is 0.521. The summed E-state index contributed by atoms with van der Waals surface area (Å²) in [6.45, 7) is 110. The van der Waals surface area contributed by atoms with Gasteiger partial charge in [-0.25, -0.2) is 0 Å². The van der Waals surface area contributed by atoms with E-state index in [9.17, 15) is 0 Å². The summed E-state index contributed by atoms with van der Waals surface area (Å²) >= 11 is 0. The summed E-state index contributed by atoms with van der Waals surface area (Å²) in [6, 6.07) is 49.8. The first-order valence-corrected chi connectivity index (χ1v) is 45.8. The zero-order valence-corrected chi connectivity index (χ0v) is 88.0. The monoisotopic (exact) mass is 1640 g/mol. The lowest BCUT2D eigenvalue weighted by Crippen LogP contribution is -2.24. The van der Waals surface area contributed by atoms with Crippen molar-refractivity contribution in [1.29, 1.82) is 0 Å². The third kappa shape index (κ3) is 37.3. The molecule has 0 atom stereocenters. The lowest BCUT2D eigenvalue weighted by Gasteiger charge is -2.33. The van der Waals surface area contributed by atoms with E-state index < -0.39 is 25.5 Å². The molecule has 8 rings (SSSR count). The van der Waals surface area contributed by atoms with E-state index >= 15 is 0 Å². The molecule has 0 amide bonds. The minimum absolute atomic E-state index is 0.0570. The Bertz CT molecular complexity index is 4370. The highest BCUT2D eigenvalue weighted by Crippen LogP contribution is 2.41. The van der Waals surface area contributed by atoms with Crippen LogP contribution in [0, 0.1) is 60.2 Å². The Kier molecular flexibility index (Phi) is 36.6. The van der Waals surface area contributed by atoms with Gasteiger partial charge in [-0.05, 0) is 297 Å². The van der Waals surface area contributed by atoms with Crippen molar-refractivity contribution in [1.82, 2.24) is 0 Å². The molecule has 8 aromatic carbocycles. The van der Waals surface area contributed by atoms with E-state index in [0.717, 1.165) is 34.1 Å². The molecule has 0 nitrogen and oxygen atoms in total. The molecule has 0 aromatic heterocycles. The highest BCUT2D eigenvalue weighted by molar-refractivity contribution is 5.48. The van der Waals surface area contributed by atoms with Crippen molar-refractivity contribution in [3.8, 4) is 0 Å². The van der Waals surface area contributed by atoms with Crippen LogP contribution < -0.4 is 0 Å². The molecule has 0 aliphatic heterocycles. The molecule has 0 saturated heterocycles. The minimum Gasteiger partial charge on any atom is -0.0625 e. The summed E-state index contributed by atoms with van der Waals surface area (Å²) in [5.41, 5.74) is 33.1. The second kappa shape index (κ2) is 45.1. The van der Waals surface area contributed by atoms with Crippen LogP contribution in [0.5, 0.6) is 0 Å².